The quantitative estimate of drug-likeness (QED) is 0.351. The van der Waals surface area contributed by atoms with Crippen molar-refractivity contribution in [1.29, 1.82) is 0 Å². The largest absolute Gasteiger partial charge is 0.484 e. The van der Waals surface area contributed by atoms with Crippen molar-refractivity contribution in [1.82, 2.24) is 20.2 Å². The van der Waals surface area contributed by atoms with E-state index in [0.717, 1.165) is 22.3 Å². The molecule has 3 heterocycles. The van der Waals surface area contributed by atoms with Crippen molar-refractivity contribution >= 4 is 11.8 Å². The van der Waals surface area contributed by atoms with Crippen LogP contribution in [-0.2, 0) is 24.4 Å². The summed E-state index contributed by atoms with van der Waals surface area (Å²) in [5, 5.41) is 2.80. The van der Waals surface area contributed by atoms with E-state index in [1.165, 1.54) is 18.4 Å². The second-order valence-corrected chi connectivity index (χ2v) is 9.70. The SMILES string of the molecule is CC(C)C(=O)N1CCc2ccc(OCc3nc(C(=O)NCc4ccncc4)co3)cc2[C@@H]1c1ccc(F)cc1. The van der Waals surface area contributed by atoms with E-state index in [2.05, 4.69) is 15.3 Å². The zero-order valence-corrected chi connectivity index (χ0v) is 21.8. The number of rotatable bonds is 8. The van der Waals surface area contributed by atoms with E-state index in [4.69, 9.17) is 9.15 Å². The summed E-state index contributed by atoms with van der Waals surface area (Å²) in [7, 11) is 0. The number of aromatic nitrogens is 2. The summed E-state index contributed by atoms with van der Waals surface area (Å²) >= 11 is 0. The van der Waals surface area contributed by atoms with Gasteiger partial charge in [0.05, 0.1) is 6.04 Å². The summed E-state index contributed by atoms with van der Waals surface area (Å²) in [5.74, 6) is 0.0126. The number of nitrogens with one attached hydrogen (secondary N) is 1. The molecule has 0 radical (unpaired) electrons. The summed E-state index contributed by atoms with van der Waals surface area (Å²) in [6, 6.07) is 15.3. The number of nitrogens with zero attached hydrogens (tertiary/aromatic N) is 3. The average Bonchev–Trinajstić information content (AvgIpc) is 3.44. The zero-order valence-electron chi connectivity index (χ0n) is 21.8. The lowest BCUT2D eigenvalue weighted by molar-refractivity contribution is -0.136. The Morgan fingerprint density at radius 1 is 1.13 bits per heavy atom. The third-order valence-electron chi connectivity index (χ3n) is 6.66. The third kappa shape index (κ3) is 5.98. The third-order valence-corrected chi connectivity index (χ3v) is 6.66. The van der Waals surface area contributed by atoms with E-state index in [1.807, 2.05) is 49.1 Å². The van der Waals surface area contributed by atoms with Crippen LogP contribution in [-0.4, -0.2) is 33.2 Å². The maximum atomic E-state index is 13.7. The number of carbonyl (C=O) groups excluding carboxylic acids is 2. The van der Waals surface area contributed by atoms with Gasteiger partial charge in [0.25, 0.3) is 5.91 Å². The van der Waals surface area contributed by atoms with E-state index in [9.17, 15) is 14.0 Å². The Balaban J connectivity index is 1.31. The first-order valence-corrected chi connectivity index (χ1v) is 12.8. The summed E-state index contributed by atoms with van der Waals surface area (Å²) in [4.78, 5) is 35.6. The molecule has 8 nitrogen and oxygen atoms in total. The van der Waals surface area contributed by atoms with E-state index >= 15 is 0 Å². The van der Waals surface area contributed by atoms with Gasteiger partial charge in [0.15, 0.2) is 12.3 Å². The minimum Gasteiger partial charge on any atom is -0.484 e. The van der Waals surface area contributed by atoms with Crippen LogP contribution in [0.2, 0.25) is 0 Å². The number of hydrogen-bond acceptors (Lipinski definition) is 6. The van der Waals surface area contributed by atoms with Gasteiger partial charge >= 0.3 is 0 Å². The molecular weight excluding hydrogens is 499 g/mol. The number of pyridine rings is 1. The lowest BCUT2D eigenvalue weighted by Gasteiger charge is -2.39. The molecule has 2 aromatic heterocycles. The van der Waals surface area contributed by atoms with Gasteiger partial charge in [-0.25, -0.2) is 9.37 Å². The molecule has 1 atom stereocenters. The Labute approximate surface area is 225 Å². The topological polar surface area (TPSA) is 97.6 Å². The second kappa shape index (κ2) is 11.5. The van der Waals surface area contributed by atoms with Crippen LogP contribution in [0.25, 0.3) is 0 Å². The van der Waals surface area contributed by atoms with Crippen molar-refractivity contribution in [3.05, 3.63) is 113 Å². The summed E-state index contributed by atoms with van der Waals surface area (Å²) in [5.41, 5.74) is 3.95. The van der Waals surface area contributed by atoms with Crippen molar-refractivity contribution in [2.24, 2.45) is 5.92 Å². The number of fused-ring (bicyclic) bond motifs is 1. The fraction of sp³-hybridized carbons (Fsp3) is 0.267. The van der Waals surface area contributed by atoms with Gasteiger partial charge in [0.1, 0.15) is 17.8 Å². The van der Waals surface area contributed by atoms with Crippen LogP contribution in [0.3, 0.4) is 0 Å². The first-order valence-electron chi connectivity index (χ1n) is 12.8. The summed E-state index contributed by atoms with van der Waals surface area (Å²) < 4.78 is 25.1. The minimum atomic E-state index is -0.356. The maximum absolute atomic E-state index is 13.7. The van der Waals surface area contributed by atoms with Crippen LogP contribution >= 0.6 is 0 Å². The number of oxazole rings is 1. The monoisotopic (exact) mass is 528 g/mol. The molecule has 9 heteroatoms. The van der Waals surface area contributed by atoms with E-state index in [1.54, 1.807) is 24.5 Å². The van der Waals surface area contributed by atoms with Gasteiger partial charge in [-0.3, -0.25) is 14.6 Å². The van der Waals surface area contributed by atoms with Crippen LogP contribution in [0.15, 0.2) is 77.7 Å². The fourth-order valence-electron chi connectivity index (χ4n) is 4.66. The van der Waals surface area contributed by atoms with E-state index in [-0.39, 0.29) is 47.8 Å². The van der Waals surface area contributed by atoms with Crippen molar-refractivity contribution in [2.45, 2.75) is 39.5 Å². The van der Waals surface area contributed by atoms with Gasteiger partial charge in [0, 0.05) is 31.4 Å². The predicted octanol–water partition coefficient (Wildman–Crippen LogP) is 4.85. The first kappa shape index (κ1) is 26.1. The van der Waals surface area contributed by atoms with Gasteiger partial charge in [0.2, 0.25) is 11.8 Å². The standard InChI is InChI=1S/C30H29FN4O4/c1-19(2)30(37)35-14-11-21-5-8-24(15-25(21)28(35)22-3-6-23(31)7-4-22)38-18-27-34-26(17-39-27)29(36)33-16-20-9-12-32-13-10-20/h3-10,12-13,15,17,19,28H,11,14,16,18H2,1-2H3,(H,33,36)/t28-/m0/s1. The maximum Gasteiger partial charge on any atom is 0.273 e. The normalized spacial score (nSPS) is 14.7. The zero-order chi connectivity index (χ0) is 27.4. The number of hydrogen-bond donors (Lipinski definition) is 1. The van der Waals surface area contributed by atoms with Gasteiger partial charge in [-0.05, 0) is 65.1 Å². The highest BCUT2D eigenvalue weighted by atomic mass is 19.1. The molecule has 1 N–H and O–H groups in total. The Morgan fingerprint density at radius 3 is 2.64 bits per heavy atom. The van der Waals surface area contributed by atoms with Gasteiger partial charge in [-0.1, -0.05) is 32.0 Å². The Hall–Kier alpha value is -4.53. The molecule has 2 amide bonds. The first-order chi connectivity index (χ1) is 18.9. The average molecular weight is 529 g/mol. The Morgan fingerprint density at radius 2 is 1.90 bits per heavy atom. The smallest absolute Gasteiger partial charge is 0.273 e. The number of benzene rings is 2. The van der Waals surface area contributed by atoms with Gasteiger partial charge in [-0.15, -0.1) is 0 Å². The molecule has 1 aliphatic rings. The molecule has 1 aliphatic heterocycles. The highest BCUT2D eigenvalue weighted by molar-refractivity contribution is 5.91. The van der Waals surface area contributed by atoms with Crippen molar-refractivity contribution in [3.8, 4) is 5.75 Å². The Kier molecular flexibility index (Phi) is 7.67. The molecule has 0 saturated heterocycles. The molecule has 0 aliphatic carbocycles. The molecule has 2 aromatic carbocycles. The summed E-state index contributed by atoms with van der Waals surface area (Å²) in [6.45, 7) is 4.70. The van der Waals surface area contributed by atoms with E-state index in [0.29, 0.717) is 25.3 Å². The van der Waals surface area contributed by atoms with Gasteiger partial charge in [-0.2, -0.15) is 0 Å². The number of carbonyl (C=O) groups is 2. The molecule has 200 valence electrons. The van der Waals surface area contributed by atoms with Gasteiger partial charge < -0.3 is 19.4 Å². The highest BCUT2D eigenvalue weighted by Gasteiger charge is 2.33. The predicted molar refractivity (Wildman–Crippen MR) is 141 cm³/mol. The molecule has 0 spiro atoms. The number of amides is 2. The van der Waals surface area contributed by atoms with Crippen LogP contribution < -0.4 is 10.1 Å². The number of ether oxygens (including phenoxy) is 1. The summed E-state index contributed by atoms with van der Waals surface area (Å²) in [6.07, 6.45) is 5.33. The fourth-order valence-corrected chi connectivity index (χ4v) is 4.66. The second-order valence-electron chi connectivity index (χ2n) is 9.70. The highest BCUT2D eigenvalue weighted by Crippen LogP contribution is 2.38. The molecular formula is C30H29FN4O4. The van der Waals surface area contributed by atoms with Crippen LogP contribution in [0, 0.1) is 11.7 Å². The molecule has 0 fully saturated rings. The number of halogens is 1. The molecule has 5 rings (SSSR count). The Bertz CT molecular complexity index is 1450. The van der Waals surface area contributed by atoms with E-state index < -0.39 is 0 Å². The van der Waals surface area contributed by atoms with Crippen LogP contribution in [0.4, 0.5) is 4.39 Å². The molecule has 39 heavy (non-hydrogen) atoms. The lowest BCUT2D eigenvalue weighted by atomic mass is 9.87. The molecule has 4 aromatic rings. The van der Waals surface area contributed by atoms with Crippen molar-refractivity contribution in [3.63, 3.8) is 0 Å². The lowest BCUT2D eigenvalue weighted by Crippen LogP contribution is -2.42. The van der Waals surface area contributed by atoms with Crippen molar-refractivity contribution < 1.29 is 23.1 Å². The van der Waals surface area contributed by atoms with Crippen LogP contribution in [0.5, 0.6) is 5.75 Å². The van der Waals surface area contributed by atoms with Crippen molar-refractivity contribution in [2.75, 3.05) is 6.54 Å². The molecule has 0 saturated carbocycles. The minimum absolute atomic E-state index is 0.0201. The molecule has 0 unspecified atom stereocenters. The molecule has 0 bridgehead atoms. The van der Waals surface area contributed by atoms with Crippen LogP contribution in [0.1, 0.15) is 58.5 Å².